The van der Waals surface area contributed by atoms with Crippen LogP contribution in [0.15, 0.2) is 0 Å². The summed E-state index contributed by atoms with van der Waals surface area (Å²) >= 11 is 0. The van der Waals surface area contributed by atoms with E-state index in [0.717, 1.165) is 12.0 Å². The minimum Gasteiger partial charge on any atom is -0.314 e. The van der Waals surface area contributed by atoms with Crippen molar-refractivity contribution in [1.82, 2.24) is 15.1 Å². The first kappa shape index (κ1) is 14.3. The number of nitrogens with one attached hydrogen (secondary N) is 1. The SMILES string of the molecule is CC(CNC1CCCN(C)CC1)CN1CCCC1. The third-order valence-corrected chi connectivity index (χ3v) is 4.48. The zero-order valence-electron chi connectivity index (χ0n) is 12.3. The lowest BCUT2D eigenvalue weighted by molar-refractivity contribution is 0.274. The summed E-state index contributed by atoms with van der Waals surface area (Å²) in [5.74, 6) is 0.795. The standard InChI is InChI=1S/C15H31N3/c1-14(13-18-9-3-4-10-18)12-16-15-6-5-8-17(2)11-7-15/h14-16H,3-13H2,1-2H3. The molecule has 2 fully saturated rings. The van der Waals surface area contributed by atoms with E-state index < -0.39 is 0 Å². The zero-order chi connectivity index (χ0) is 12.8. The molecule has 2 atom stereocenters. The Morgan fingerprint density at radius 1 is 1.06 bits per heavy atom. The van der Waals surface area contributed by atoms with Gasteiger partial charge in [-0.25, -0.2) is 0 Å². The fraction of sp³-hybridized carbons (Fsp3) is 1.00. The highest BCUT2D eigenvalue weighted by Gasteiger charge is 2.17. The Morgan fingerprint density at radius 3 is 2.61 bits per heavy atom. The molecular weight excluding hydrogens is 222 g/mol. The van der Waals surface area contributed by atoms with Crippen molar-refractivity contribution in [2.45, 2.75) is 45.1 Å². The van der Waals surface area contributed by atoms with Crippen LogP contribution >= 0.6 is 0 Å². The van der Waals surface area contributed by atoms with E-state index in [2.05, 4.69) is 29.1 Å². The van der Waals surface area contributed by atoms with Gasteiger partial charge in [0.25, 0.3) is 0 Å². The number of rotatable bonds is 5. The van der Waals surface area contributed by atoms with Gasteiger partial charge in [-0.05, 0) is 77.8 Å². The van der Waals surface area contributed by atoms with E-state index in [1.807, 2.05) is 0 Å². The normalized spacial score (nSPS) is 29.3. The molecule has 3 heteroatoms. The first-order valence-electron chi connectivity index (χ1n) is 7.88. The molecule has 0 saturated carbocycles. The van der Waals surface area contributed by atoms with Gasteiger partial charge in [0.05, 0.1) is 0 Å². The molecule has 0 aliphatic carbocycles. The fourth-order valence-corrected chi connectivity index (χ4v) is 3.28. The minimum atomic E-state index is 0.760. The van der Waals surface area contributed by atoms with Crippen molar-refractivity contribution in [2.75, 3.05) is 46.3 Å². The second-order valence-electron chi connectivity index (χ2n) is 6.45. The van der Waals surface area contributed by atoms with Gasteiger partial charge in [0.1, 0.15) is 0 Å². The smallest absolute Gasteiger partial charge is 0.00798 e. The van der Waals surface area contributed by atoms with Crippen LogP contribution in [-0.4, -0.2) is 62.2 Å². The Morgan fingerprint density at radius 2 is 1.83 bits per heavy atom. The van der Waals surface area contributed by atoms with Crippen molar-refractivity contribution >= 4 is 0 Å². The van der Waals surface area contributed by atoms with Crippen LogP contribution in [-0.2, 0) is 0 Å². The molecule has 2 aliphatic rings. The monoisotopic (exact) mass is 253 g/mol. The van der Waals surface area contributed by atoms with Crippen molar-refractivity contribution < 1.29 is 0 Å². The fourth-order valence-electron chi connectivity index (χ4n) is 3.28. The Labute approximate surface area is 113 Å². The van der Waals surface area contributed by atoms with E-state index in [9.17, 15) is 0 Å². The topological polar surface area (TPSA) is 18.5 Å². The van der Waals surface area contributed by atoms with Crippen LogP contribution in [0, 0.1) is 5.92 Å². The predicted octanol–water partition coefficient (Wildman–Crippen LogP) is 1.79. The Bertz CT molecular complexity index is 226. The molecule has 2 aliphatic heterocycles. The van der Waals surface area contributed by atoms with Gasteiger partial charge in [-0.15, -0.1) is 0 Å². The molecule has 0 bridgehead atoms. The number of nitrogens with zero attached hydrogens (tertiary/aromatic N) is 2. The third-order valence-electron chi connectivity index (χ3n) is 4.48. The summed E-state index contributed by atoms with van der Waals surface area (Å²) < 4.78 is 0. The number of likely N-dealkylation sites (tertiary alicyclic amines) is 2. The van der Waals surface area contributed by atoms with Gasteiger partial charge >= 0.3 is 0 Å². The van der Waals surface area contributed by atoms with Gasteiger partial charge in [-0.3, -0.25) is 0 Å². The van der Waals surface area contributed by atoms with Gasteiger partial charge in [0, 0.05) is 12.6 Å². The molecule has 0 aromatic heterocycles. The maximum Gasteiger partial charge on any atom is 0.00798 e. The lowest BCUT2D eigenvalue weighted by Crippen LogP contribution is -2.37. The summed E-state index contributed by atoms with van der Waals surface area (Å²) in [6.07, 6.45) is 6.87. The lowest BCUT2D eigenvalue weighted by Gasteiger charge is -2.23. The Hall–Kier alpha value is -0.120. The number of hydrogen-bond acceptors (Lipinski definition) is 3. The molecule has 0 radical (unpaired) electrons. The maximum atomic E-state index is 3.80. The average Bonchev–Trinajstić information content (AvgIpc) is 2.76. The van der Waals surface area contributed by atoms with Crippen LogP contribution < -0.4 is 5.32 Å². The molecule has 2 heterocycles. The van der Waals surface area contributed by atoms with Crippen LogP contribution in [0.3, 0.4) is 0 Å². The van der Waals surface area contributed by atoms with Crippen LogP contribution in [0.25, 0.3) is 0 Å². The van der Waals surface area contributed by atoms with Gasteiger partial charge in [0.15, 0.2) is 0 Å². The van der Waals surface area contributed by atoms with Crippen molar-refractivity contribution in [1.29, 1.82) is 0 Å². The van der Waals surface area contributed by atoms with Crippen molar-refractivity contribution in [3.63, 3.8) is 0 Å². The second kappa shape index (κ2) is 7.46. The van der Waals surface area contributed by atoms with E-state index in [-0.39, 0.29) is 0 Å². The van der Waals surface area contributed by atoms with Crippen LogP contribution in [0.5, 0.6) is 0 Å². The van der Waals surface area contributed by atoms with Crippen molar-refractivity contribution in [2.24, 2.45) is 5.92 Å². The van der Waals surface area contributed by atoms with Gasteiger partial charge in [-0.2, -0.15) is 0 Å². The molecule has 1 N–H and O–H groups in total. The molecule has 0 aromatic carbocycles. The zero-order valence-corrected chi connectivity index (χ0v) is 12.3. The van der Waals surface area contributed by atoms with E-state index >= 15 is 0 Å². The molecular formula is C15H31N3. The molecule has 106 valence electrons. The Balaban J connectivity index is 1.60. The van der Waals surface area contributed by atoms with E-state index in [1.54, 1.807) is 0 Å². The maximum absolute atomic E-state index is 3.80. The summed E-state index contributed by atoms with van der Waals surface area (Å²) in [6, 6.07) is 0.760. The molecule has 2 saturated heterocycles. The van der Waals surface area contributed by atoms with E-state index in [4.69, 9.17) is 0 Å². The molecule has 0 aromatic rings. The van der Waals surface area contributed by atoms with Crippen LogP contribution in [0.2, 0.25) is 0 Å². The molecule has 2 unspecified atom stereocenters. The predicted molar refractivity (Wildman–Crippen MR) is 78.0 cm³/mol. The third kappa shape index (κ3) is 4.87. The van der Waals surface area contributed by atoms with E-state index in [1.165, 1.54) is 71.4 Å². The lowest BCUT2D eigenvalue weighted by atomic mass is 10.1. The Kier molecular flexibility index (Phi) is 5.93. The molecule has 18 heavy (non-hydrogen) atoms. The first-order chi connectivity index (χ1) is 8.74. The largest absolute Gasteiger partial charge is 0.314 e. The van der Waals surface area contributed by atoms with Crippen molar-refractivity contribution in [3.05, 3.63) is 0 Å². The molecule has 0 amide bonds. The molecule has 2 rings (SSSR count). The van der Waals surface area contributed by atoms with Crippen molar-refractivity contribution in [3.8, 4) is 0 Å². The second-order valence-corrected chi connectivity index (χ2v) is 6.45. The minimum absolute atomic E-state index is 0.760. The first-order valence-corrected chi connectivity index (χ1v) is 7.88. The highest BCUT2D eigenvalue weighted by Crippen LogP contribution is 2.12. The highest BCUT2D eigenvalue weighted by molar-refractivity contribution is 4.76. The molecule has 3 nitrogen and oxygen atoms in total. The van der Waals surface area contributed by atoms with Crippen LogP contribution in [0.4, 0.5) is 0 Å². The summed E-state index contributed by atoms with van der Waals surface area (Å²) in [5, 5.41) is 3.80. The summed E-state index contributed by atoms with van der Waals surface area (Å²) in [5.41, 5.74) is 0. The highest BCUT2D eigenvalue weighted by atomic mass is 15.1. The van der Waals surface area contributed by atoms with Crippen LogP contribution in [0.1, 0.15) is 39.0 Å². The summed E-state index contributed by atoms with van der Waals surface area (Å²) in [6.45, 7) is 10.1. The van der Waals surface area contributed by atoms with E-state index in [0.29, 0.717) is 0 Å². The molecule has 0 spiro atoms. The number of hydrogen-bond donors (Lipinski definition) is 1. The summed E-state index contributed by atoms with van der Waals surface area (Å²) in [7, 11) is 2.25. The summed E-state index contributed by atoms with van der Waals surface area (Å²) in [4.78, 5) is 5.10. The average molecular weight is 253 g/mol. The van der Waals surface area contributed by atoms with Gasteiger partial charge in [0.2, 0.25) is 0 Å². The van der Waals surface area contributed by atoms with Gasteiger partial charge in [-0.1, -0.05) is 6.92 Å². The van der Waals surface area contributed by atoms with Gasteiger partial charge < -0.3 is 15.1 Å². The quantitative estimate of drug-likeness (QED) is 0.806.